The minimum absolute atomic E-state index is 0.0107. The lowest BCUT2D eigenvalue weighted by Crippen LogP contribution is -2.25. The van der Waals surface area contributed by atoms with Crippen molar-refractivity contribution in [3.63, 3.8) is 0 Å². The maximum Gasteiger partial charge on any atom is 0.354 e. The van der Waals surface area contributed by atoms with Gasteiger partial charge in [-0.2, -0.15) is 5.10 Å². The molecular formula is C30H27FN4O4. The van der Waals surface area contributed by atoms with Gasteiger partial charge in [-0.15, -0.1) is 0 Å². The highest BCUT2D eigenvalue weighted by Gasteiger charge is 2.31. The van der Waals surface area contributed by atoms with E-state index in [4.69, 9.17) is 9.47 Å². The number of hydrogen-bond donors (Lipinski definition) is 2. The van der Waals surface area contributed by atoms with Crippen LogP contribution in [0, 0.1) is 5.82 Å². The third kappa shape index (κ3) is 4.13. The van der Waals surface area contributed by atoms with Gasteiger partial charge in [0.25, 0.3) is 0 Å². The smallest absolute Gasteiger partial charge is 0.354 e. The minimum atomic E-state index is -1.10. The lowest BCUT2D eigenvalue weighted by atomic mass is 9.90. The fourth-order valence-electron chi connectivity index (χ4n) is 5.74. The molecule has 1 aliphatic carbocycles. The second kappa shape index (κ2) is 9.50. The largest absolute Gasteiger partial charge is 0.477 e. The molecule has 1 aliphatic heterocycles. The summed E-state index contributed by atoms with van der Waals surface area (Å²) in [6.07, 6.45) is 6.35. The number of fused-ring (bicyclic) bond motifs is 2. The van der Waals surface area contributed by atoms with Gasteiger partial charge in [0.1, 0.15) is 11.9 Å². The third-order valence-corrected chi connectivity index (χ3v) is 7.94. The second-order valence-electron chi connectivity index (χ2n) is 10.3. The average Bonchev–Trinajstić information content (AvgIpc) is 3.52. The van der Waals surface area contributed by atoms with Crippen molar-refractivity contribution in [2.24, 2.45) is 0 Å². The quantitative estimate of drug-likeness (QED) is 0.272. The molecule has 4 heterocycles. The second-order valence-corrected chi connectivity index (χ2v) is 10.3. The summed E-state index contributed by atoms with van der Waals surface area (Å²) in [4.78, 5) is 16.3. The number of ether oxygens (including phenoxy) is 2. The molecule has 2 aromatic carbocycles. The zero-order chi connectivity index (χ0) is 26.5. The zero-order valence-corrected chi connectivity index (χ0v) is 21.2. The fraction of sp³-hybridized carbons (Fsp3) is 0.300. The lowest BCUT2D eigenvalue weighted by Gasteiger charge is -2.28. The Kier molecular flexibility index (Phi) is 5.81. The molecule has 0 spiro atoms. The Balaban J connectivity index is 1.57. The number of aromatic nitrogens is 4. The summed E-state index contributed by atoms with van der Waals surface area (Å²) in [5.41, 5.74) is 5.37. The van der Waals surface area contributed by atoms with Crippen molar-refractivity contribution < 1.29 is 23.8 Å². The number of rotatable bonds is 6. The van der Waals surface area contributed by atoms with Crippen LogP contribution in [0.3, 0.4) is 0 Å². The van der Waals surface area contributed by atoms with Gasteiger partial charge in [-0.1, -0.05) is 0 Å². The summed E-state index contributed by atoms with van der Waals surface area (Å²) in [5, 5.41) is 18.9. The van der Waals surface area contributed by atoms with Gasteiger partial charge in [0.05, 0.1) is 17.2 Å². The predicted octanol–water partition coefficient (Wildman–Crippen LogP) is 6.23. The Morgan fingerprint density at radius 1 is 1.08 bits per heavy atom. The van der Waals surface area contributed by atoms with E-state index in [0.717, 1.165) is 76.4 Å². The third-order valence-electron chi connectivity index (χ3n) is 7.94. The number of nitrogens with zero attached hydrogens (tertiary/aromatic N) is 3. The Morgan fingerprint density at radius 3 is 2.59 bits per heavy atom. The van der Waals surface area contributed by atoms with Crippen molar-refractivity contribution in [1.82, 2.24) is 19.7 Å². The van der Waals surface area contributed by atoms with Crippen LogP contribution in [0.2, 0.25) is 0 Å². The van der Waals surface area contributed by atoms with Crippen LogP contribution in [0.5, 0.6) is 5.88 Å². The van der Waals surface area contributed by atoms with Crippen LogP contribution >= 0.6 is 0 Å². The van der Waals surface area contributed by atoms with E-state index >= 15 is 0 Å². The summed E-state index contributed by atoms with van der Waals surface area (Å²) in [7, 11) is 0. The highest BCUT2D eigenvalue weighted by Crippen LogP contribution is 2.47. The fourth-order valence-corrected chi connectivity index (χ4v) is 5.74. The SMILES string of the molecule is O=C(O)c1ccc(-c2c(C3CCOCC3)n(-c3ccc(F)cc3)c3cc4cn[nH]c4cc23)c(OC2CCC2)n1. The average molecular weight is 527 g/mol. The topological polar surface area (TPSA) is 102 Å². The first-order chi connectivity index (χ1) is 19.1. The number of aromatic amines is 1. The Bertz CT molecular complexity index is 1700. The van der Waals surface area contributed by atoms with E-state index in [1.54, 1.807) is 18.3 Å². The predicted molar refractivity (Wildman–Crippen MR) is 144 cm³/mol. The van der Waals surface area contributed by atoms with Crippen LogP contribution in [0.25, 0.3) is 38.6 Å². The van der Waals surface area contributed by atoms with Gasteiger partial charge in [0.15, 0.2) is 5.69 Å². The summed E-state index contributed by atoms with van der Waals surface area (Å²) in [5.74, 6) is -0.920. The molecule has 9 heteroatoms. The molecule has 1 saturated carbocycles. The highest BCUT2D eigenvalue weighted by molar-refractivity contribution is 6.06. The maximum absolute atomic E-state index is 14.0. The maximum atomic E-state index is 14.0. The number of carbonyl (C=O) groups is 1. The summed E-state index contributed by atoms with van der Waals surface area (Å²) >= 11 is 0. The van der Waals surface area contributed by atoms with Crippen LogP contribution in [0.15, 0.2) is 54.7 Å². The molecule has 5 aromatic rings. The van der Waals surface area contributed by atoms with E-state index in [1.807, 2.05) is 6.07 Å². The molecule has 39 heavy (non-hydrogen) atoms. The first-order valence-corrected chi connectivity index (χ1v) is 13.3. The first kappa shape index (κ1) is 23.8. The molecule has 2 aliphatic rings. The standard InChI is InChI=1S/C30H27FN4O4/c31-19-4-6-20(7-5-19)35-26-14-18-16-32-34-25(18)15-23(26)27(28(35)17-10-12-38-13-11-17)22-8-9-24(30(36)37)33-29(22)39-21-2-1-3-21/h4-9,14-17,21H,1-3,10-13H2,(H,32,34)(H,36,37). The number of carboxylic acid groups (broad SMARTS) is 1. The first-order valence-electron chi connectivity index (χ1n) is 13.3. The van der Waals surface area contributed by atoms with Crippen LogP contribution in [-0.2, 0) is 4.74 Å². The van der Waals surface area contributed by atoms with Gasteiger partial charge >= 0.3 is 5.97 Å². The molecule has 0 radical (unpaired) electrons. The van der Waals surface area contributed by atoms with Crippen molar-refractivity contribution in [2.45, 2.75) is 44.1 Å². The van der Waals surface area contributed by atoms with Gasteiger partial charge < -0.3 is 19.1 Å². The van der Waals surface area contributed by atoms with Gasteiger partial charge in [-0.3, -0.25) is 5.10 Å². The molecule has 7 rings (SSSR count). The van der Waals surface area contributed by atoms with Crippen molar-refractivity contribution in [2.75, 3.05) is 13.2 Å². The van der Waals surface area contributed by atoms with Crippen molar-refractivity contribution in [1.29, 1.82) is 0 Å². The molecule has 0 atom stereocenters. The molecule has 1 saturated heterocycles. The Morgan fingerprint density at radius 2 is 1.87 bits per heavy atom. The molecule has 2 N–H and O–H groups in total. The molecule has 2 fully saturated rings. The lowest BCUT2D eigenvalue weighted by molar-refractivity contribution is 0.0685. The zero-order valence-electron chi connectivity index (χ0n) is 21.2. The van der Waals surface area contributed by atoms with Gasteiger partial charge in [0, 0.05) is 52.4 Å². The molecule has 198 valence electrons. The molecule has 0 unspecified atom stereocenters. The van der Waals surface area contributed by atoms with E-state index in [9.17, 15) is 14.3 Å². The summed E-state index contributed by atoms with van der Waals surface area (Å²) in [6.45, 7) is 1.28. The van der Waals surface area contributed by atoms with E-state index in [1.165, 1.54) is 18.2 Å². The minimum Gasteiger partial charge on any atom is -0.477 e. The number of pyridine rings is 1. The van der Waals surface area contributed by atoms with Crippen LogP contribution in [-0.4, -0.2) is 50.1 Å². The number of H-pyrrole nitrogens is 1. The summed E-state index contributed by atoms with van der Waals surface area (Å²) < 4.78 is 28.3. The number of nitrogens with one attached hydrogen (secondary N) is 1. The monoisotopic (exact) mass is 526 g/mol. The number of halogens is 1. The molecular weight excluding hydrogens is 499 g/mol. The van der Waals surface area contributed by atoms with Crippen molar-refractivity contribution in [3.8, 4) is 22.7 Å². The van der Waals surface area contributed by atoms with Crippen LogP contribution in [0.4, 0.5) is 4.39 Å². The Hall–Kier alpha value is -4.24. The summed E-state index contributed by atoms with van der Waals surface area (Å²) in [6, 6.07) is 14.0. The molecule has 8 nitrogen and oxygen atoms in total. The Labute approximate surface area is 223 Å². The van der Waals surface area contributed by atoms with Gasteiger partial charge in [0.2, 0.25) is 5.88 Å². The van der Waals surface area contributed by atoms with Crippen molar-refractivity contribution >= 4 is 27.8 Å². The number of carboxylic acids is 1. The number of aromatic carboxylic acids is 1. The van der Waals surface area contributed by atoms with E-state index in [-0.39, 0.29) is 23.5 Å². The highest BCUT2D eigenvalue weighted by atomic mass is 19.1. The van der Waals surface area contributed by atoms with E-state index in [0.29, 0.717) is 19.1 Å². The molecule has 3 aromatic heterocycles. The number of hydrogen-bond acceptors (Lipinski definition) is 5. The van der Waals surface area contributed by atoms with E-state index in [2.05, 4.69) is 31.9 Å². The van der Waals surface area contributed by atoms with Gasteiger partial charge in [-0.05, 0) is 80.6 Å². The normalized spacial score (nSPS) is 16.5. The van der Waals surface area contributed by atoms with Crippen LogP contribution in [0.1, 0.15) is 54.2 Å². The molecule has 0 bridgehead atoms. The van der Waals surface area contributed by atoms with Crippen LogP contribution < -0.4 is 4.74 Å². The molecule has 0 amide bonds. The van der Waals surface area contributed by atoms with Crippen molar-refractivity contribution in [3.05, 3.63) is 71.9 Å². The van der Waals surface area contributed by atoms with E-state index < -0.39 is 5.97 Å². The van der Waals surface area contributed by atoms with Gasteiger partial charge in [-0.25, -0.2) is 14.2 Å². The number of benzene rings is 2.